The number of fused-ring (bicyclic) bond motifs is 1. The van der Waals surface area contributed by atoms with Crippen molar-refractivity contribution in [2.24, 2.45) is 5.73 Å². The minimum atomic E-state index is -0.899. The van der Waals surface area contributed by atoms with E-state index in [0.717, 1.165) is 19.5 Å². The van der Waals surface area contributed by atoms with Gasteiger partial charge < -0.3 is 10.5 Å². The molecule has 0 aromatic carbocycles. The lowest BCUT2D eigenvalue weighted by atomic mass is 10.0. The van der Waals surface area contributed by atoms with Gasteiger partial charge in [0.15, 0.2) is 0 Å². The van der Waals surface area contributed by atoms with Gasteiger partial charge in [0.1, 0.15) is 5.54 Å². The zero-order valence-corrected chi connectivity index (χ0v) is 12.2. The fourth-order valence-corrected chi connectivity index (χ4v) is 3.25. The Morgan fingerprint density at radius 1 is 1.37 bits per heavy atom. The first-order chi connectivity index (χ1) is 9.03. The number of nitrogens with zero attached hydrogens (tertiary/aromatic N) is 2. The first kappa shape index (κ1) is 14.8. The highest BCUT2D eigenvalue weighted by molar-refractivity contribution is 5.80. The van der Waals surface area contributed by atoms with E-state index in [1.54, 1.807) is 6.92 Å². The largest absolute Gasteiger partial charge is 0.465 e. The molecule has 2 heterocycles. The van der Waals surface area contributed by atoms with E-state index in [4.69, 9.17) is 10.5 Å². The average Bonchev–Trinajstić information content (AvgIpc) is 2.68. The van der Waals surface area contributed by atoms with Gasteiger partial charge in [0.25, 0.3) is 0 Å². The minimum Gasteiger partial charge on any atom is -0.465 e. The summed E-state index contributed by atoms with van der Waals surface area (Å²) >= 11 is 0. The van der Waals surface area contributed by atoms with E-state index >= 15 is 0 Å². The highest BCUT2D eigenvalue weighted by atomic mass is 16.5. The summed E-state index contributed by atoms with van der Waals surface area (Å²) in [4.78, 5) is 16.8. The summed E-state index contributed by atoms with van der Waals surface area (Å²) in [5.74, 6) is -0.289. The van der Waals surface area contributed by atoms with Gasteiger partial charge in [0.2, 0.25) is 0 Å². The number of nitrogens with two attached hydrogens (primary N) is 1. The third-order valence-electron chi connectivity index (χ3n) is 4.18. The summed E-state index contributed by atoms with van der Waals surface area (Å²) in [6.45, 7) is 9.06. The van der Waals surface area contributed by atoms with Crippen LogP contribution in [-0.2, 0) is 9.53 Å². The number of ether oxygens (including phenoxy) is 1. The van der Waals surface area contributed by atoms with Crippen molar-refractivity contribution in [3.63, 3.8) is 0 Å². The molecule has 0 aromatic heterocycles. The Morgan fingerprint density at radius 3 is 2.84 bits per heavy atom. The van der Waals surface area contributed by atoms with Gasteiger partial charge in [-0.3, -0.25) is 14.6 Å². The molecule has 0 saturated carbocycles. The van der Waals surface area contributed by atoms with E-state index < -0.39 is 5.54 Å². The third-order valence-corrected chi connectivity index (χ3v) is 4.18. The molecule has 0 spiro atoms. The Morgan fingerprint density at radius 2 is 2.11 bits per heavy atom. The molecular formula is C14H27N3O2. The highest BCUT2D eigenvalue weighted by Gasteiger charge is 2.35. The summed E-state index contributed by atoms with van der Waals surface area (Å²) in [5, 5.41) is 0. The van der Waals surface area contributed by atoms with Crippen molar-refractivity contribution in [1.82, 2.24) is 9.80 Å². The molecule has 2 atom stereocenters. The quantitative estimate of drug-likeness (QED) is 0.750. The fourth-order valence-electron chi connectivity index (χ4n) is 3.25. The van der Waals surface area contributed by atoms with Crippen molar-refractivity contribution in [1.29, 1.82) is 0 Å². The molecule has 5 heteroatoms. The maximum Gasteiger partial charge on any atom is 0.327 e. The van der Waals surface area contributed by atoms with Crippen molar-refractivity contribution in [2.75, 3.05) is 39.3 Å². The Balaban J connectivity index is 1.92. The highest BCUT2D eigenvalue weighted by Crippen LogP contribution is 2.22. The maximum absolute atomic E-state index is 11.9. The molecule has 0 bridgehead atoms. The number of esters is 1. The second kappa shape index (κ2) is 6.20. The molecule has 0 amide bonds. The Bertz CT molecular complexity index is 320. The zero-order valence-electron chi connectivity index (χ0n) is 12.2. The van der Waals surface area contributed by atoms with Crippen LogP contribution in [0.4, 0.5) is 0 Å². The van der Waals surface area contributed by atoms with Gasteiger partial charge in [-0.25, -0.2) is 0 Å². The smallest absolute Gasteiger partial charge is 0.327 e. The predicted octanol–water partition coefficient (Wildman–Crippen LogP) is 0.437. The Hall–Kier alpha value is -0.650. The molecule has 2 fully saturated rings. The second-order valence-corrected chi connectivity index (χ2v) is 6.06. The van der Waals surface area contributed by atoms with Crippen LogP contribution in [0.15, 0.2) is 0 Å². The van der Waals surface area contributed by atoms with E-state index in [-0.39, 0.29) is 5.97 Å². The van der Waals surface area contributed by atoms with Crippen LogP contribution >= 0.6 is 0 Å². The van der Waals surface area contributed by atoms with E-state index in [1.807, 2.05) is 6.92 Å². The molecule has 0 radical (unpaired) electrons. The van der Waals surface area contributed by atoms with Crippen LogP contribution in [0.25, 0.3) is 0 Å². The van der Waals surface area contributed by atoms with Crippen molar-refractivity contribution < 1.29 is 9.53 Å². The van der Waals surface area contributed by atoms with Gasteiger partial charge >= 0.3 is 5.97 Å². The Kier molecular flexibility index (Phi) is 4.81. The van der Waals surface area contributed by atoms with Gasteiger partial charge in [0, 0.05) is 19.1 Å². The number of hydrogen-bond donors (Lipinski definition) is 1. The van der Waals surface area contributed by atoms with Crippen molar-refractivity contribution >= 4 is 5.97 Å². The SMILES string of the molecule is CCOC(=O)C(C)(N)CN1CCCN2CCCC2C1. The average molecular weight is 269 g/mol. The summed E-state index contributed by atoms with van der Waals surface area (Å²) in [7, 11) is 0. The molecule has 2 saturated heterocycles. The van der Waals surface area contributed by atoms with Crippen LogP contribution in [0.5, 0.6) is 0 Å². The van der Waals surface area contributed by atoms with E-state index in [9.17, 15) is 4.79 Å². The van der Waals surface area contributed by atoms with Gasteiger partial charge in [-0.15, -0.1) is 0 Å². The van der Waals surface area contributed by atoms with Gasteiger partial charge in [-0.2, -0.15) is 0 Å². The van der Waals surface area contributed by atoms with Crippen molar-refractivity contribution in [3.8, 4) is 0 Å². The summed E-state index contributed by atoms with van der Waals surface area (Å²) < 4.78 is 5.07. The summed E-state index contributed by atoms with van der Waals surface area (Å²) in [6, 6.07) is 0.653. The number of rotatable bonds is 4. The number of carbonyl (C=O) groups is 1. The molecule has 2 aliphatic heterocycles. The molecule has 19 heavy (non-hydrogen) atoms. The van der Waals surface area contributed by atoms with Crippen molar-refractivity contribution in [2.45, 2.75) is 44.7 Å². The van der Waals surface area contributed by atoms with Gasteiger partial charge in [0.05, 0.1) is 6.61 Å². The maximum atomic E-state index is 11.9. The second-order valence-electron chi connectivity index (χ2n) is 6.06. The van der Waals surface area contributed by atoms with Crippen molar-refractivity contribution in [3.05, 3.63) is 0 Å². The van der Waals surface area contributed by atoms with E-state index in [2.05, 4.69) is 9.80 Å². The first-order valence-corrected chi connectivity index (χ1v) is 7.45. The van der Waals surface area contributed by atoms with Crippen LogP contribution in [0.3, 0.4) is 0 Å². The lowest BCUT2D eigenvalue weighted by Crippen LogP contribution is -2.55. The van der Waals surface area contributed by atoms with Crippen LogP contribution in [0, 0.1) is 0 Å². The number of hydrogen-bond acceptors (Lipinski definition) is 5. The predicted molar refractivity (Wildman–Crippen MR) is 74.9 cm³/mol. The normalized spacial score (nSPS) is 28.5. The lowest BCUT2D eigenvalue weighted by Gasteiger charge is -2.31. The van der Waals surface area contributed by atoms with Crippen LogP contribution < -0.4 is 5.73 Å². The molecule has 110 valence electrons. The standard InChI is InChI=1S/C14H27N3O2/c1-3-19-13(18)14(2,15)11-16-7-5-9-17-8-4-6-12(17)10-16/h12H,3-11,15H2,1-2H3. The van der Waals surface area contributed by atoms with Crippen LogP contribution in [0.1, 0.15) is 33.1 Å². The molecule has 0 aliphatic carbocycles. The van der Waals surface area contributed by atoms with Gasteiger partial charge in [-0.05, 0) is 52.7 Å². The molecule has 5 nitrogen and oxygen atoms in total. The van der Waals surface area contributed by atoms with E-state index in [0.29, 0.717) is 19.2 Å². The molecule has 2 aliphatic rings. The topological polar surface area (TPSA) is 58.8 Å². The minimum absolute atomic E-state index is 0.289. The number of carbonyl (C=O) groups excluding carboxylic acids is 1. The fraction of sp³-hybridized carbons (Fsp3) is 0.929. The van der Waals surface area contributed by atoms with Crippen LogP contribution in [0.2, 0.25) is 0 Å². The zero-order chi connectivity index (χ0) is 13.9. The summed E-state index contributed by atoms with van der Waals surface area (Å²) in [6.07, 6.45) is 3.74. The van der Waals surface area contributed by atoms with Crippen LogP contribution in [-0.4, -0.2) is 66.7 Å². The Labute approximate surface area is 116 Å². The summed E-state index contributed by atoms with van der Waals surface area (Å²) in [5.41, 5.74) is 5.24. The third kappa shape index (κ3) is 3.68. The molecular weight excluding hydrogens is 242 g/mol. The monoisotopic (exact) mass is 269 g/mol. The first-order valence-electron chi connectivity index (χ1n) is 7.45. The molecule has 2 unspecified atom stereocenters. The molecule has 2 N–H and O–H groups in total. The van der Waals surface area contributed by atoms with E-state index in [1.165, 1.54) is 25.9 Å². The molecule has 0 aromatic rings. The molecule has 2 rings (SSSR count). The lowest BCUT2D eigenvalue weighted by molar-refractivity contribution is -0.149. The van der Waals surface area contributed by atoms with Gasteiger partial charge in [-0.1, -0.05) is 0 Å².